The number of carbonyl (C=O) groups is 1. The van der Waals surface area contributed by atoms with Gasteiger partial charge >= 0.3 is 6.36 Å². The summed E-state index contributed by atoms with van der Waals surface area (Å²) in [7, 11) is 2.17. The molecule has 1 saturated heterocycles. The molecule has 0 N–H and O–H groups in total. The van der Waals surface area contributed by atoms with Crippen LogP contribution in [0.2, 0.25) is 5.02 Å². The number of fused-ring (bicyclic) bond motifs is 1. The fourth-order valence-electron chi connectivity index (χ4n) is 4.99. The van der Waals surface area contributed by atoms with E-state index in [2.05, 4.69) is 22.8 Å². The van der Waals surface area contributed by atoms with E-state index in [4.69, 9.17) is 11.6 Å². The number of hydrogen-bond acceptors (Lipinski definition) is 3. The highest BCUT2D eigenvalue weighted by Gasteiger charge is 2.34. The molecule has 180 valence electrons. The zero-order valence-corrected chi connectivity index (χ0v) is 19.6. The van der Waals surface area contributed by atoms with Crippen LogP contribution >= 0.6 is 11.6 Å². The minimum Gasteiger partial charge on any atom is -0.330 e. The third-order valence-corrected chi connectivity index (χ3v) is 7.10. The van der Waals surface area contributed by atoms with E-state index in [1.807, 2.05) is 6.07 Å². The largest absolute Gasteiger partial charge is 0.523 e. The van der Waals surface area contributed by atoms with Crippen molar-refractivity contribution in [2.75, 3.05) is 26.7 Å². The summed E-state index contributed by atoms with van der Waals surface area (Å²) in [6, 6.07) is 4.00. The van der Waals surface area contributed by atoms with Gasteiger partial charge in [0.1, 0.15) is 0 Å². The van der Waals surface area contributed by atoms with Crippen molar-refractivity contribution in [3.05, 3.63) is 57.6 Å². The standard InChI is InChI=1S/C25H30ClF3N2O2/c1-30-11-9-17(10-12-30)3-2-4-19-13-20-16-31(24(32)23(20)22(26)14-19)15-18-5-7-21(8-6-18)33-25(27,28)29/h5-7,13-14,17,21H,2-4,8-12,15-16H2,1H3. The van der Waals surface area contributed by atoms with Gasteiger partial charge < -0.3 is 9.80 Å². The Balaban J connectivity index is 1.31. The van der Waals surface area contributed by atoms with Crippen LogP contribution in [0.25, 0.3) is 0 Å². The molecule has 4 rings (SSSR count). The number of ether oxygens (including phenoxy) is 1. The number of piperidine rings is 1. The van der Waals surface area contributed by atoms with Crippen LogP contribution in [0.5, 0.6) is 0 Å². The molecule has 1 aromatic rings. The number of hydrogen-bond donors (Lipinski definition) is 0. The van der Waals surface area contributed by atoms with E-state index in [9.17, 15) is 18.0 Å². The second-order valence-corrected chi connectivity index (χ2v) is 9.79. The highest BCUT2D eigenvalue weighted by atomic mass is 35.5. The number of aryl methyl sites for hydroxylation is 1. The van der Waals surface area contributed by atoms with Gasteiger partial charge in [0.25, 0.3) is 5.91 Å². The zero-order valence-electron chi connectivity index (χ0n) is 18.8. The van der Waals surface area contributed by atoms with Gasteiger partial charge in [-0.1, -0.05) is 42.3 Å². The Kier molecular flexibility index (Phi) is 7.51. The number of alkyl halides is 3. The van der Waals surface area contributed by atoms with Crippen LogP contribution in [-0.2, 0) is 17.7 Å². The van der Waals surface area contributed by atoms with E-state index in [0.29, 0.717) is 23.7 Å². The molecule has 3 aliphatic rings. The lowest BCUT2D eigenvalue weighted by Crippen LogP contribution is -2.30. The average Bonchev–Trinajstić information content (AvgIpc) is 3.05. The lowest BCUT2D eigenvalue weighted by atomic mass is 9.90. The molecular weight excluding hydrogens is 453 g/mol. The van der Waals surface area contributed by atoms with Crippen molar-refractivity contribution < 1.29 is 22.7 Å². The number of benzene rings is 1. The molecule has 4 nitrogen and oxygen atoms in total. The molecule has 1 aliphatic carbocycles. The molecule has 0 saturated carbocycles. The number of amides is 1. The third kappa shape index (κ3) is 6.40. The third-order valence-electron chi connectivity index (χ3n) is 6.81. The van der Waals surface area contributed by atoms with Crippen molar-refractivity contribution in [2.45, 2.75) is 57.5 Å². The number of halogens is 4. The first-order chi connectivity index (χ1) is 15.7. The van der Waals surface area contributed by atoms with E-state index in [0.717, 1.165) is 35.5 Å². The Morgan fingerprint density at radius 3 is 2.64 bits per heavy atom. The van der Waals surface area contributed by atoms with E-state index < -0.39 is 12.5 Å². The average molecular weight is 483 g/mol. The van der Waals surface area contributed by atoms with Crippen LogP contribution in [-0.4, -0.2) is 54.9 Å². The quantitative estimate of drug-likeness (QED) is 0.496. The van der Waals surface area contributed by atoms with Crippen molar-refractivity contribution >= 4 is 17.5 Å². The first-order valence-electron chi connectivity index (χ1n) is 11.6. The predicted octanol–water partition coefficient (Wildman–Crippen LogP) is 5.75. The monoisotopic (exact) mass is 482 g/mol. The zero-order chi connectivity index (χ0) is 23.6. The van der Waals surface area contributed by atoms with Crippen LogP contribution in [0.4, 0.5) is 13.2 Å². The van der Waals surface area contributed by atoms with Crippen molar-refractivity contribution in [3.63, 3.8) is 0 Å². The number of likely N-dealkylation sites (tertiary alicyclic amines) is 1. The summed E-state index contributed by atoms with van der Waals surface area (Å²) >= 11 is 6.50. The molecule has 33 heavy (non-hydrogen) atoms. The lowest BCUT2D eigenvalue weighted by Gasteiger charge is -2.28. The minimum atomic E-state index is -4.66. The molecule has 1 atom stereocenters. The Morgan fingerprint density at radius 2 is 1.97 bits per heavy atom. The smallest absolute Gasteiger partial charge is 0.330 e. The van der Waals surface area contributed by atoms with Gasteiger partial charge in [-0.05, 0) is 80.9 Å². The van der Waals surface area contributed by atoms with Gasteiger partial charge in [0.15, 0.2) is 0 Å². The summed E-state index contributed by atoms with van der Waals surface area (Å²) in [6.45, 7) is 3.15. The maximum absolute atomic E-state index is 12.9. The van der Waals surface area contributed by atoms with E-state index >= 15 is 0 Å². The molecule has 1 amide bonds. The summed E-state index contributed by atoms with van der Waals surface area (Å²) in [5.41, 5.74) is 3.44. The maximum Gasteiger partial charge on any atom is 0.523 e. The van der Waals surface area contributed by atoms with Gasteiger partial charge in [0.2, 0.25) is 0 Å². The topological polar surface area (TPSA) is 32.8 Å². The highest BCUT2D eigenvalue weighted by molar-refractivity contribution is 6.34. The van der Waals surface area contributed by atoms with E-state index in [-0.39, 0.29) is 12.3 Å². The van der Waals surface area contributed by atoms with Crippen molar-refractivity contribution in [1.82, 2.24) is 9.80 Å². The van der Waals surface area contributed by atoms with E-state index in [1.165, 1.54) is 38.4 Å². The van der Waals surface area contributed by atoms with Crippen LogP contribution in [0, 0.1) is 5.92 Å². The summed E-state index contributed by atoms with van der Waals surface area (Å²) in [5, 5.41) is 0.487. The van der Waals surface area contributed by atoms with Gasteiger partial charge in [-0.15, -0.1) is 13.2 Å². The first-order valence-corrected chi connectivity index (χ1v) is 12.0. The van der Waals surface area contributed by atoms with Crippen molar-refractivity contribution in [3.8, 4) is 0 Å². The fourth-order valence-corrected chi connectivity index (χ4v) is 5.33. The number of carbonyl (C=O) groups excluding carboxylic acids is 1. The van der Waals surface area contributed by atoms with Gasteiger partial charge in [-0.2, -0.15) is 0 Å². The van der Waals surface area contributed by atoms with Crippen molar-refractivity contribution in [2.24, 2.45) is 5.92 Å². The van der Waals surface area contributed by atoms with E-state index in [1.54, 1.807) is 17.1 Å². The molecule has 0 aromatic heterocycles. The molecule has 1 unspecified atom stereocenters. The Morgan fingerprint density at radius 1 is 1.21 bits per heavy atom. The minimum absolute atomic E-state index is 0.127. The summed E-state index contributed by atoms with van der Waals surface area (Å²) < 4.78 is 41.2. The number of rotatable bonds is 7. The van der Waals surface area contributed by atoms with Gasteiger partial charge in [-0.25, -0.2) is 0 Å². The maximum atomic E-state index is 12.9. The van der Waals surface area contributed by atoms with Gasteiger partial charge in [0.05, 0.1) is 16.7 Å². The van der Waals surface area contributed by atoms with Crippen LogP contribution in [0.15, 0.2) is 35.9 Å². The van der Waals surface area contributed by atoms with Gasteiger partial charge in [-0.3, -0.25) is 9.53 Å². The Bertz CT molecular complexity index is 936. The normalized spacial score (nSPS) is 22.1. The van der Waals surface area contributed by atoms with Crippen molar-refractivity contribution in [1.29, 1.82) is 0 Å². The Labute approximate surface area is 198 Å². The van der Waals surface area contributed by atoms with Crippen LogP contribution in [0.1, 0.15) is 53.6 Å². The summed E-state index contributed by atoms with van der Waals surface area (Å²) in [6.07, 6.45) is 4.94. The molecule has 8 heteroatoms. The molecule has 1 fully saturated rings. The van der Waals surface area contributed by atoms with Gasteiger partial charge in [0, 0.05) is 13.1 Å². The summed E-state index contributed by atoms with van der Waals surface area (Å²) in [5.74, 6) is 0.664. The van der Waals surface area contributed by atoms with Crippen LogP contribution in [0.3, 0.4) is 0 Å². The molecule has 0 radical (unpaired) electrons. The molecular formula is C25H30ClF3N2O2. The molecule has 2 heterocycles. The molecule has 0 bridgehead atoms. The molecule has 1 aromatic carbocycles. The molecule has 2 aliphatic heterocycles. The Hall–Kier alpha value is -1.83. The summed E-state index contributed by atoms with van der Waals surface area (Å²) in [4.78, 5) is 17.0. The number of nitrogens with zero attached hydrogens (tertiary/aromatic N) is 2. The van der Waals surface area contributed by atoms with Crippen LogP contribution < -0.4 is 0 Å². The second-order valence-electron chi connectivity index (χ2n) is 9.39. The predicted molar refractivity (Wildman–Crippen MR) is 122 cm³/mol. The first kappa shape index (κ1) is 24.3. The fraction of sp³-hybridized carbons (Fsp3) is 0.560. The highest BCUT2D eigenvalue weighted by Crippen LogP contribution is 2.33. The molecule has 0 spiro atoms. The second kappa shape index (κ2) is 10.2. The lowest BCUT2D eigenvalue weighted by molar-refractivity contribution is -0.336. The SMILES string of the molecule is CN1CCC(CCCc2cc(Cl)c3c(c2)CN(CC2=CCC(OC(F)(F)F)C=C2)C3=O)CC1.